The first-order chi connectivity index (χ1) is 15.3. The van der Waals surface area contributed by atoms with Gasteiger partial charge in [-0.25, -0.2) is 0 Å². The molecule has 2 aromatic rings. The van der Waals surface area contributed by atoms with E-state index in [9.17, 15) is 14.7 Å². The van der Waals surface area contributed by atoms with Gasteiger partial charge >= 0.3 is 0 Å². The summed E-state index contributed by atoms with van der Waals surface area (Å²) >= 11 is 0. The first kappa shape index (κ1) is 22.8. The highest BCUT2D eigenvalue weighted by Gasteiger charge is 2.50. The smallest absolute Gasteiger partial charge is 0.167 e. The van der Waals surface area contributed by atoms with Gasteiger partial charge in [0.25, 0.3) is 0 Å². The fraction of sp³-hybridized carbons (Fsp3) is 0.536. The van der Waals surface area contributed by atoms with E-state index in [0.717, 1.165) is 67.3 Å². The first-order valence-corrected chi connectivity index (χ1v) is 12.2. The zero-order valence-corrected chi connectivity index (χ0v) is 19.6. The Morgan fingerprint density at radius 3 is 2.75 bits per heavy atom. The summed E-state index contributed by atoms with van der Waals surface area (Å²) in [6, 6.07) is 9.59. The van der Waals surface area contributed by atoms with E-state index in [1.807, 2.05) is 37.3 Å². The van der Waals surface area contributed by atoms with Crippen LogP contribution < -0.4 is 0 Å². The van der Waals surface area contributed by atoms with Gasteiger partial charge in [0.05, 0.1) is 5.60 Å². The molecule has 0 radical (unpaired) electrons. The van der Waals surface area contributed by atoms with Crippen LogP contribution in [0.15, 0.2) is 36.5 Å². The van der Waals surface area contributed by atoms with Crippen LogP contribution in [0, 0.1) is 12.8 Å². The molecule has 4 heteroatoms. The van der Waals surface area contributed by atoms with E-state index in [4.69, 9.17) is 0 Å². The second kappa shape index (κ2) is 8.90. The molecule has 0 amide bonds. The summed E-state index contributed by atoms with van der Waals surface area (Å²) in [5.74, 6) is 0.445. The fourth-order valence-corrected chi connectivity index (χ4v) is 6.30. The van der Waals surface area contributed by atoms with Gasteiger partial charge in [-0.05, 0) is 80.0 Å². The van der Waals surface area contributed by atoms with E-state index in [1.54, 1.807) is 6.20 Å². The van der Waals surface area contributed by atoms with E-state index in [2.05, 4.69) is 18.8 Å². The number of Topliss-reactive ketones (excluding diaryl/α,β-unsaturated/α-hetero) is 2. The van der Waals surface area contributed by atoms with Crippen molar-refractivity contribution in [1.82, 2.24) is 4.98 Å². The lowest BCUT2D eigenvalue weighted by atomic mass is 9.56. The third kappa shape index (κ3) is 4.05. The molecule has 0 unspecified atom stereocenters. The highest BCUT2D eigenvalue weighted by Crippen LogP contribution is 2.54. The summed E-state index contributed by atoms with van der Waals surface area (Å²) in [4.78, 5) is 30.5. The first-order valence-electron chi connectivity index (χ1n) is 12.2. The van der Waals surface area contributed by atoms with E-state index in [0.29, 0.717) is 17.9 Å². The molecule has 1 fully saturated rings. The molecule has 0 bridgehead atoms. The van der Waals surface area contributed by atoms with Gasteiger partial charge in [0.1, 0.15) is 0 Å². The molecule has 1 aromatic carbocycles. The highest BCUT2D eigenvalue weighted by atomic mass is 16.3. The minimum Gasteiger partial charge on any atom is -0.390 e. The Kier molecular flexibility index (Phi) is 6.35. The Balaban J connectivity index is 1.69. The zero-order valence-electron chi connectivity index (χ0n) is 19.6. The summed E-state index contributed by atoms with van der Waals surface area (Å²) < 4.78 is 0. The SMILES string of the molecule is CCC[C@@]1(O)CC[C@@]2(CC)c3ccc(C(=O)Cc4cccnc4C)cc3C(=O)CC[C@H]2C1. The van der Waals surface area contributed by atoms with Crippen LogP contribution in [0.25, 0.3) is 0 Å². The normalized spacial score (nSPS) is 27.4. The van der Waals surface area contributed by atoms with Crippen LogP contribution in [0.3, 0.4) is 0 Å². The van der Waals surface area contributed by atoms with Crippen LogP contribution in [0.4, 0.5) is 0 Å². The number of ketones is 2. The van der Waals surface area contributed by atoms with Crippen molar-refractivity contribution in [3.63, 3.8) is 0 Å². The Morgan fingerprint density at radius 1 is 1.22 bits per heavy atom. The second-order valence-electron chi connectivity index (χ2n) is 9.96. The predicted octanol–water partition coefficient (Wildman–Crippen LogP) is 5.77. The van der Waals surface area contributed by atoms with Gasteiger partial charge in [-0.15, -0.1) is 0 Å². The molecule has 32 heavy (non-hydrogen) atoms. The van der Waals surface area contributed by atoms with Gasteiger partial charge < -0.3 is 5.11 Å². The number of aromatic nitrogens is 1. The number of nitrogens with zero attached hydrogens (tertiary/aromatic N) is 1. The maximum Gasteiger partial charge on any atom is 0.167 e. The Bertz CT molecular complexity index is 1030. The number of fused-ring (bicyclic) bond motifs is 3. The van der Waals surface area contributed by atoms with Crippen LogP contribution >= 0.6 is 0 Å². The molecule has 0 aliphatic heterocycles. The van der Waals surface area contributed by atoms with Crippen LogP contribution in [0.5, 0.6) is 0 Å². The van der Waals surface area contributed by atoms with Crippen molar-refractivity contribution < 1.29 is 14.7 Å². The number of hydrogen-bond acceptors (Lipinski definition) is 4. The predicted molar refractivity (Wildman–Crippen MR) is 126 cm³/mol. The van der Waals surface area contributed by atoms with E-state index >= 15 is 0 Å². The van der Waals surface area contributed by atoms with Gasteiger partial charge in [-0.3, -0.25) is 14.6 Å². The molecular formula is C28H35NO3. The molecule has 1 heterocycles. The lowest BCUT2D eigenvalue weighted by Crippen LogP contribution is -2.47. The maximum atomic E-state index is 13.2. The number of carbonyl (C=O) groups is 2. The van der Waals surface area contributed by atoms with Crippen molar-refractivity contribution in [3.05, 3.63) is 64.5 Å². The van der Waals surface area contributed by atoms with Crippen LogP contribution in [0.2, 0.25) is 0 Å². The Morgan fingerprint density at radius 2 is 2.03 bits per heavy atom. The third-order valence-electron chi connectivity index (χ3n) is 8.16. The molecule has 1 N–H and O–H groups in total. The van der Waals surface area contributed by atoms with Crippen molar-refractivity contribution >= 4 is 11.6 Å². The average Bonchev–Trinajstić information content (AvgIpc) is 2.90. The lowest BCUT2D eigenvalue weighted by Gasteiger charge is -2.50. The number of carbonyl (C=O) groups excluding carboxylic acids is 2. The third-order valence-corrected chi connectivity index (χ3v) is 8.16. The van der Waals surface area contributed by atoms with Crippen molar-refractivity contribution in [2.24, 2.45) is 5.92 Å². The molecule has 0 saturated heterocycles. The minimum atomic E-state index is -0.608. The topological polar surface area (TPSA) is 67.3 Å². The van der Waals surface area contributed by atoms with Gasteiger partial charge in [0, 0.05) is 35.9 Å². The molecule has 2 aliphatic rings. The van der Waals surface area contributed by atoms with Gasteiger partial charge in [-0.1, -0.05) is 38.5 Å². The lowest BCUT2D eigenvalue weighted by molar-refractivity contribution is -0.0541. The number of benzene rings is 1. The minimum absolute atomic E-state index is 0.0176. The summed E-state index contributed by atoms with van der Waals surface area (Å²) in [5, 5.41) is 11.2. The molecule has 4 rings (SSSR count). The highest BCUT2D eigenvalue weighted by molar-refractivity contribution is 6.03. The van der Waals surface area contributed by atoms with Crippen LogP contribution in [-0.4, -0.2) is 27.3 Å². The van der Waals surface area contributed by atoms with E-state index in [-0.39, 0.29) is 23.4 Å². The zero-order chi connectivity index (χ0) is 22.9. The standard InChI is InChI=1S/C28H35NO3/c1-4-12-27(32)13-14-28(5-2)22(18-27)9-11-25(30)23-16-21(8-10-24(23)28)26(31)17-20-7-6-15-29-19(20)3/h6-8,10,15-16,22,32H,4-5,9,11-14,17-18H2,1-3H3/t22-,27+,28+/m0/s1. The summed E-state index contributed by atoms with van der Waals surface area (Å²) in [6.07, 6.45) is 8.50. The Hall–Kier alpha value is -2.33. The average molecular weight is 434 g/mol. The quantitative estimate of drug-likeness (QED) is 0.587. The van der Waals surface area contributed by atoms with Crippen LogP contribution in [0.1, 0.15) is 103 Å². The van der Waals surface area contributed by atoms with Crippen molar-refractivity contribution in [1.29, 1.82) is 0 Å². The molecule has 1 aromatic heterocycles. The fourth-order valence-electron chi connectivity index (χ4n) is 6.30. The molecule has 170 valence electrons. The molecule has 4 nitrogen and oxygen atoms in total. The van der Waals surface area contributed by atoms with Gasteiger partial charge in [0.2, 0.25) is 0 Å². The number of aryl methyl sites for hydroxylation is 1. The van der Waals surface area contributed by atoms with Gasteiger partial charge in [-0.2, -0.15) is 0 Å². The summed E-state index contributed by atoms with van der Waals surface area (Å²) in [5.41, 5.74) is 3.51. The summed E-state index contributed by atoms with van der Waals surface area (Å²) in [7, 11) is 0. The largest absolute Gasteiger partial charge is 0.390 e. The Labute approximate surface area is 191 Å². The number of pyridine rings is 1. The molecule has 3 atom stereocenters. The van der Waals surface area contributed by atoms with Crippen molar-refractivity contribution in [2.75, 3.05) is 0 Å². The number of aliphatic hydroxyl groups is 1. The molecule has 0 spiro atoms. The van der Waals surface area contributed by atoms with E-state index < -0.39 is 5.60 Å². The van der Waals surface area contributed by atoms with Crippen molar-refractivity contribution in [3.8, 4) is 0 Å². The maximum absolute atomic E-state index is 13.2. The molecular weight excluding hydrogens is 398 g/mol. The molecule has 2 aliphatic carbocycles. The number of hydrogen-bond donors (Lipinski definition) is 1. The summed E-state index contributed by atoms with van der Waals surface area (Å²) in [6.45, 7) is 6.25. The van der Waals surface area contributed by atoms with Gasteiger partial charge in [0.15, 0.2) is 11.6 Å². The second-order valence-corrected chi connectivity index (χ2v) is 9.96. The molecule has 1 saturated carbocycles. The monoisotopic (exact) mass is 433 g/mol. The van der Waals surface area contributed by atoms with Crippen molar-refractivity contribution in [2.45, 2.75) is 89.6 Å². The number of rotatable bonds is 6. The van der Waals surface area contributed by atoms with E-state index in [1.165, 1.54) is 0 Å². The van der Waals surface area contributed by atoms with Crippen LogP contribution in [-0.2, 0) is 11.8 Å².